The molecule has 21 heavy (non-hydrogen) atoms. The van der Waals surface area contributed by atoms with E-state index < -0.39 is 0 Å². The van der Waals surface area contributed by atoms with E-state index in [1.54, 1.807) is 0 Å². The summed E-state index contributed by atoms with van der Waals surface area (Å²) >= 11 is 16.3. The molecule has 0 spiro atoms. The molecular formula is C16H15BrCl2N2. The van der Waals surface area contributed by atoms with Gasteiger partial charge < -0.3 is 0 Å². The first-order chi connectivity index (χ1) is 10.1. The van der Waals surface area contributed by atoms with E-state index in [1.165, 1.54) is 6.42 Å². The van der Waals surface area contributed by atoms with Crippen LogP contribution in [0, 0.1) is 5.92 Å². The number of hydrogen-bond donors (Lipinski definition) is 0. The van der Waals surface area contributed by atoms with Crippen LogP contribution < -0.4 is 0 Å². The predicted molar refractivity (Wildman–Crippen MR) is 90.9 cm³/mol. The second-order valence-electron chi connectivity index (χ2n) is 5.63. The molecular weight excluding hydrogens is 371 g/mol. The van der Waals surface area contributed by atoms with Gasteiger partial charge in [-0.2, -0.15) is 0 Å². The van der Waals surface area contributed by atoms with E-state index in [0.717, 1.165) is 34.6 Å². The smallest absolute Gasteiger partial charge is 0.142 e. The Hall–Kier alpha value is -0.640. The largest absolute Gasteiger partial charge is 0.220 e. The number of nitrogens with zero attached hydrogens (tertiary/aromatic N) is 2. The highest BCUT2D eigenvalue weighted by molar-refractivity contribution is 9.10. The molecule has 5 heteroatoms. The highest BCUT2D eigenvalue weighted by atomic mass is 79.9. The molecule has 1 aromatic heterocycles. The van der Waals surface area contributed by atoms with Gasteiger partial charge in [-0.3, -0.25) is 0 Å². The topological polar surface area (TPSA) is 25.8 Å². The normalized spacial score (nSPS) is 21.7. The van der Waals surface area contributed by atoms with Gasteiger partial charge in [0, 0.05) is 16.0 Å². The van der Waals surface area contributed by atoms with Gasteiger partial charge in [0.2, 0.25) is 0 Å². The number of hydrogen-bond acceptors (Lipinski definition) is 2. The van der Waals surface area contributed by atoms with Gasteiger partial charge in [0.15, 0.2) is 0 Å². The summed E-state index contributed by atoms with van der Waals surface area (Å²) in [7, 11) is 0. The van der Waals surface area contributed by atoms with Crippen molar-refractivity contribution in [1.29, 1.82) is 0 Å². The van der Waals surface area contributed by atoms with Crippen molar-refractivity contribution in [2.24, 2.45) is 5.92 Å². The lowest BCUT2D eigenvalue weighted by atomic mass is 10.0. The highest BCUT2D eigenvalue weighted by Crippen LogP contribution is 2.41. The second-order valence-corrected chi connectivity index (χ2v) is 7.20. The van der Waals surface area contributed by atoms with Crippen LogP contribution >= 0.6 is 39.1 Å². The molecule has 0 amide bonds. The van der Waals surface area contributed by atoms with E-state index in [4.69, 9.17) is 23.2 Å². The van der Waals surface area contributed by atoms with E-state index in [1.807, 2.05) is 24.3 Å². The maximum Gasteiger partial charge on any atom is 0.142 e. The quantitative estimate of drug-likeness (QED) is 0.582. The molecule has 2 nitrogen and oxygen atoms in total. The van der Waals surface area contributed by atoms with Crippen LogP contribution in [0.5, 0.6) is 0 Å². The minimum Gasteiger partial charge on any atom is -0.220 e. The Morgan fingerprint density at radius 3 is 2.33 bits per heavy atom. The summed E-state index contributed by atoms with van der Waals surface area (Å²) < 4.78 is 0.930. The van der Waals surface area contributed by atoms with Gasteiger partial charge in [0.1, 0.15) is 16.1 Å². The fraction of sp³-hybridized carbons (Fsp3) is 0.375. The van der Waals surface area contributed by atoms with Gasteiger partial charge in [-0.15, -0.1) is 0 Å². The zero-order valence-electron chi connectivity index (χ0n) is 11.6. The highest BCUT2D eigenvalue weighted by Gasteiger charge is 2.27. The van der Waals surface area contributed by atoms with Crippen LogP contribution in [0.4, 0.5) is 0 Å². The molecule has 2 unspecified atom stereocenters. The molecule has 1 aromatic carbocycles. The molecule has 2 atom stereocenters. The van der Waals surface area contributed by atoms with Crippen LogP contribution in [0.2, 0.25) is 10.3 Å². The molecule has 110 valence electrons. The summed E-state index contributed by atoms with van der Waals surface area (Å²) in [6.07, 6.45) is 3.44. The summed E-state index contributed by atoms with van der Waals surface area (Å²) in [5.74, 6) is 1.88. The third kappa shape index (κ3) is 3.10. The average Bonchev–Trinajstić information content (AvgIpc) is 2.87. The van der Waals surface area contributed by atoms with Crippen LogP contribution in [0.1, 0.15) is 37.9 Å². The molecule has 0 saturated heterocycles. The van der Waals surface area contributed by atoms with Crippen molar-refractivity contribution in [2.75, 3.05) is 0 Å². The first-order valence-corrected chi connectivity index (χ1v) is 8.59. The molecule has 1 fully saturated rings. The third-order valence-electron chi connectivity index (χ3n) is 4.04. The Morgan fingerprint density at radius 1 is 1.10 bits per heavy atom. The fourth-order valence-electron chi connectivity index (χ4n) is 2.93. The van der Waals surface area contributed by atoms with Gasteiger partial charge in [0.05, 0.1) is 5.56 Å². The van der Waals surface area contributed by atoms with Crippen molar-refractivity contribution in [3.05, 3.63) is 44.9 Å². The van der Waals surface area contributed by atoms with Crippen molar-refractivity contribution < 1.29 is 0 Å². The summed E-state index contributed by atoms with van der Waals surface area (Å²) in [6, 6.07) is 7.80. The lowest BCUT2D eigenvalue weighted by molar-refractivity contribution is 0.585. The van der Waals surface area contributed by atoms with E-state index in [-0.39, 0.29) is 0 Å². The zero-order valence-corrected chi connectivity index (χ0v) is 14.7. The molecule has 2 aromatic rings. The Labute approximate surface area is 143 Å². The van der Waals surface area contributed by atoms with E-state index >= 15 is 0 Å². The number of rotatable bonds is 2. The van der Waals surface area contributed by atoms with Crippen LogP contribution in [0.15, 0.2) is 28.7 Å². The fourth-order valence-corrected chi connectivity index (χ4v) is 4.02. The van der Waals surface area contributed by atoms with Crippen molar-refractivity contribution in [3.63, 3.8) is 0 Å². The van der Waals surface area contributed by atoms with Crippen LogP contribution in [0.3, 0.4) is 0 Å². The summed E-state index contributed by atoms with van der Waals surface area (Å²) in [4.78, 5) is 9.03. The van der Waals surface area contributed by atoms with E-state index in [9.17, 15) is 0 Å². The molecule has 3 rings (SSSR count). The molecule has 0 bridgehead atoms. The lowest BCUT2D eigenvalue weighted by Crippen LogP contribution is -2.03. The predicted octanol–water partition coefficient (Wildman–Crippen LogP) is 6.12. The van der Waals surface area contributed by atoms with Crippen molar-refractivity contribution >= 4 is 39.1 Å². The molecule has 1 saturated carbocycles. The summed E-state index contributed by atoms with van der Waals surface area (Å²) in [6.45, 7) is 2.26. The Morgan fingerprint density at radius 2 is 1.76 bits per heavy atom. The molecule has 1 aliphatic carbocycles. The van der Waals surface area contributed by atoms with Crippen LogP contribution in [-0.4, -0.2) is 9.97 Å². The number of benzene rings is 1. The van der Waals surface area contributed by atoms with Gasteiger partial charge in [-0.25, -0.2) is 9.97 Å². The minimum atomic E-state index is 0.378. The van der Waals surface area contributed by atoms with E-state index in [0.29, 0.717) is 21.8 Å². The monoisotopic (exact) mass is 384 g/mol. The summed E-state index contributed by atoms with van der Waals surface area (Å²) in [5, 5.41) is 0.855. The van der Waals surface area contributed by atoms with Crippen LogP contribution in [-0.2, 0) is 0 Å². The van der Waals surface area contributed by atoms with Gasteiger partial charge in [-0.1, -0.05) is 64.3 Å². The number of halogens is 3. The molecule has 0 N–H and O–H groups in total. The van der Waals surface area contributed by atoms with Crippen LogP contribution in [0.25, 0.3) is 11.1 Å². The molecule has 0 aliphatic heterocycles. The lowest BCUT2D eigenvalue weighted by Gasteiger charge is -2.13. The maximum atomic E-state index is 6.40. The molecule has 0 radical (unpaired) electrons. The molecule has 1 heterocycles. The SMILES string of the molecule is CC1CCC(c2nc(Cl)c(-c3ccccc3Br)c(Cl)n2)C1. The number of aromatic nitrogens is 2. The van der Waals surface area contributed by atoms with Crippen molar-refractivity contribution in [2.45, 2.75) is 32.1 Å². The Bertz CT molecular complexity index is 652. The first kappa shape index (κ1) is 15.3. The van der Waals surface area contributed by atoms with Gasteiger partial charge in [-0.05, 0) is 31.2 Å². The Kier molecular flexibility index (Phi) is 4.53. The summed E-state index contributed by atoms with van der Waals surface area (Å²) in [5.41, 5.74) is 1.61. The third-order valence-corrected chi connectivity index (χ3v) is 5.28. The van der Waals surface area contributed by atoms with Crippen molar-refractivity contribution in [3.8, 4) is 11.1 Å². The molecule has 1 aliphatic rings. The van der Waals surface area contributed by atoms with Gasteiger partial charge >= 0.3 is 0 Å². The van der Waals surface area contributed by atoms with E-state index in [2.05, 4.69) is 32.8 Å². The Balaban J connectivity index is 2.03. The van der Waals surface area contributed by atoms with Crippen molar-refractivity contribution in [1.82, 2.24) is 9.97 Å². The zero-order chi connectivity index (χ0) is 15.0. The standard InChI is InChI=1S/C16H15BrCl2N2/c1-9-6-7-10(8-9)16-20-14(18)13(15(19)21-16)11-4-2-3-5-12(11)17/h2-5,9-10H,6-8H2,1H3. The van der Waals surface area contributed by atoms with Gasteiger partial charge in [0.25, 0.3) is 0 Å². The first-order valence-electron chi connectivity index (χ1n) is 7.04. The second kappa shape index (κ2) is 6.23. The maximum absolute atomic E-state index is 6.40. The average molecular weight is 386 g/mol. The minimum absolute atomic E-state index is 0.378.